The molecule has 0 radical (unpaired) electrons. The van der Waals surface area contributed by atoms with E-state index in [1.165, 1.54) is 12.1 Å². The maximum Gasteiger partial charge on any atom is 0.167 e. The van der Waals surface area contributed by atoms with Crippen LogP contribution in [0.1, 0.15) is 0 Å². The van der Waals surface area contributed by atoms with E-state index in [-0.39, 0.29) is 18.2 Å². The van der Waals surface area contributed by atoms with Gasteiger partial charge in [-0.25, -0.2) is 9.37 Å². The number of nitrogens with zero attached hydrogens (tertiary/aromatic N) is 2. The highest BCUT2D eigenvalue weighted by Gasteiger charge is 2.10. The van der Waals surface area contributed by atoms with Crippen molar-refractivity contribution in [2.75, 3.05) is 50.4 Å². The summed E-state index contributed by atoms with van der Waals surface area (Å²) < 4.78 is 24.7. The Labute approximate surface area is 152 Å². The largest absolute Gasteiger partial charge is 0.454 e. The van der Waals surface area contributed by atoms with Crippen molar-refractivity contribution >= 4 is 23.9 Å². The Hall–Kier alpha value is -2.09. The van der Waals surface area contributed by atoms with Gasteiger partial charge >= 0.3 is 0 Å². The highest BCUT2D eigenvalue weighted by atomic mass is 35.5. The minimum Gasteiger partial charge on any atom is -0.454 e. The first kappa shape index (κ1) is 19.2. The molecule has 3 N–H and O–H groups in total. The number of rotatable bonds is 6. The van der Waals surface area contributed by atoms with Crippen molar-refractivity contribution in [2.24, 2.45) is 0 Å². The Balaban J connectivity index is 0.00000225. The number of pyridine rings is 1. The minimum atomic E-state index is -0.492. The summed E-state index contributed by atoms with van der Waals surface area (Å²) in [5.74, 6) is 0.850. The molecule has 1 aromatic carbocycles. The molecule has 0 bridgehead atoms. The normalized spacial score (nSPS) is 14.6. The fourth-order valence-electron chi connectivity index (χ4n) is 2.47. The SMILES string of the molecule is Cl.Nc1ccc(Oc2ccnc(NCCN3CCOCC3)c2)c(F)c1. The topological polar surface area (TPSA) is 72.6 Å². The van der Waals surface area contributed by atoms with Crippen molar-refractivity contribution < 1.29 is 13.9 Å². The van der Waals surface area contributed by atoms with E-state index in [4.69, 9.17) is 15.2 Å². The summed E-state index contributed by atoms with van der Waals surface area (Å²) in [5, 5.41) is 3.25. The van der Waals surface area contributed by atoms with Crippen LogP contribution in [-0.2, 0) is 4.74 Å². The van der Waals surface area contributed by atoms with Crippen molar-refractivity contribution in [1.29, 1.82) is 0 Å². The number of ether oxygens (including phenoxy) is 2. The molecule has 1 aliphatic rings. The molecule has 0 spiro atoms. The van der Waals surface area contributed by atoms with E-state index in [0.717, 1.165) is 39.4 Å². The maximum absolute atomic E-state index is 13.8. The number of benzene rings is 1. The molecule has 2 heterocycles. The predicted octanol–water partition coefficient (Wildman–Crippen LogP) is 2.76. The molecular weight excluding hydrogens is 347 g/mol. The molecule has 0 amide bonds. The molecule has 3 rings (SSSR count). The summed E-state index contributed by atoms with van der Waals surface area (Å²) in [6.45, 7) is 5.17. The van der Waals surface area contributed by atoms with Crippen LogP contribution in [0.25, 0.3) is 0 Å². The fourth-order valence-corrected chi connectivity index (χ4v) is 2.47. The van der Waals surface area contributed by atoms with Gasteiger partial charge in [-0.2, -0.15) is 0 Å². The van der Waals surface area contributed by atoms with E-state index in [9.17, 15) is 4.39 Å². The molecule has 1 aliphatic heterocycles. The van der Waals surface area contributed by atoms with Crippen LogP contribution in [0.4, 0.5) is 15.9 Å². The van der Waals surface area contributed by atoms with Crippen molar-refractivity contribution in [1.82, 2.24) is 9.88 Å². The van der Waals surface area contributed by atoms with E-state index >= 15 is 0 Å². The number of morpholine rings is 1. The average molecular weight is 369 g/mol. The van der Waals surface area contributed by atoms with E-state index in [1.54, 1.807) is 24.4 Å². The highest BCUT2D eigenvalue weighted by molar-refractivity contribution is 5.85. The lowest BCUT2D eigenvalue weighted by Crippen LogP contribution is -2.39. The van der Waals surface area contributed by atoms with Gasteiger partial charge < -0.3 is 20.5 Å². The molecule has 8 heteroatoms. The molecule has 1 fully saturated rings. The number of anilines is 2. The first-order valence-electron chi connectivity index (χ1n) is 7.93. The molecule has 6 nitrogen and oxygen atoms in total. The predicted molar refractivity (Wildman–Crippen MR) is 98.1 cm³/mol. The number of nitrogens with one attached hydrogen (secondary N) is 1. The van der Waals surface area contributed by atoms with Crippen LogP contribution in [0, 0.1) is 5.82 Å². The Morgan fingerprint density at radius 3 is 2.80 bits per heavy atom. The van der Waals surface area contributed by atoms with Gasteiger partial charge in [0.1, 0.15) is 11.6 Å². The number of nitrogen functional groups attached to an aromatic ring is 1. The van der Waals surface area contributed by atoms with Crippen molar-refractivity contribution in [3.8, 4) is 11.5 Å². The van der Waals surface area contributed by atoms with Gasteiger partial charge in [0, 0.05) is 50.2 Å². The molecule has 0 unspecified atom stereocenters. The van der Waals surface area contributed by atoms with Crippen molar-refractivity contribution in [3.63, 3.8) is 0 Å². The number of hydrogen-bond acceptors (Lipinski definition) is 6. The maximum atomic E-state index is 13.8. The van der Waals surface area contributed by atoms with Crippen molar-refractivity contribution in [3.05, 3.63) is 42.3 Å². The summed E-state index contributed by atoms with van der Waals surface area (Å²) >= 11 is 0. The number of hydrogen-bond donors (Lipinski definition) is 2. The summed E-state index contributed by atoms with van der Waals surface area (Å²) in [4.78, 5) is 6.59. The number of halogens is 2. The van der Waals surface area contributed by atoms with Crippen LogP contribution in [0.5, 0.6) is 11.5 Å². The number of nitrogens with two attached hydrogens (primary N) is 1. The first-order valence-corrected chi connectivity index (χ1v) is 7.93. The fraction of sp³-hybridized carbons (Fsp3) is 0.353. The zero-order valence-corrected chi connectivity index (χ0v) is 14.6. The van der Waals surface area contributed by atoms with Gasteiger partial charge in [0.05, 0.1) is 13.2 Å². The zero-order chi connectivity index (χ0) is 16.8. The van der Waals surface area contributed by atoms with Crippen LogP contribution in [-0.4, -0.2) is 49.3 Å². The third kappa shape index (κ3) is 5.74. The van der Waals surface area contributed by atoms with Crippen molar-refractivity contribution in [2.45, 2.75) is 0 Å². The molecule has 25 heavy (non-hydrogen) atoms. The monoisotopic (exact) mass is 368 g/mol. The van der Waals surface area contributed by atoms with Crippen LogP contribution >= 0.6 is 12.4 Å². The summed E-state index contributed by atoms with van der Waals surface area (Å²) in [6, 6.07) is 7.77. The first-order chi connectivity index (χ1) is 11.7. The van der Waals surface area contributed by atoms with E-state index < -0.39 is 5.82 Å². The average Bonchev–Trinajstić information content (AvgIpc) is 2.59. The van der Waals surface area contributed by atoms with Gasteiger partial charge in [-0.3, -0.25) is 4.90 Å². The molecular formula is C17H22ClFN4O2. The summed E-state index contributed by atoms with van der Waals surface area (Å²) in [7, 11) is 0. The Kier molecular flexibility index (Phi) is 7.24. The van der Waals surface area contributed by atoms with Gasteiger partial charge in [-0.1, -0.05) is 0 Å². The standard InChI is InChI=1S/C17H21FN4O2.ClH/c18-15-11-13(19)1-2-16(15)24-14-3-4-20-17(12-14)21-5-6-22-7-9-23-10-8-22;/h1-4,11-12H,5-10,19H2,(H,20,21);1H. The van der Waals surface area contributed by atoms with Crippen LogP contribution < -0.4 is 15.8 Å². The molecule has 136 valence electrons. The number of aromatic nitrogens is 1. The lowest BCUT2D eigenvalue weighted by atomic mass is 10.3. The molecule has 0 atom stereocenters. The van der Waals surface area contributed by atoms with E-state index in [1.807, 2.05) is 0 Å². The van der Waals surface area contributed by atoms with Gasteiger partial charge in [0.2, 0.25) is 0 Å². The van der Waals surface area contributed by atoms with Gasteiger partial charge in [-0.05, 0) is 18.2 Å². The summed E-state index contributed by atoms with van der Waals surface area (Å²) in [5.41, 5.74) is 5.90. The minimum absolute atomic E-state index is 0. The second-order valence-electron chi connectivity index (χ2n) is 5.55. The third-order valence-corrected chi connectivity index (χ3v) is 3.75. The molecule has 1 aromatic heterocycles. The van der Waals surface area contributed by atoms with Gasteiger partial charge in [0.25, 0.3) is 0 Å². The lowest BCUT2D eigenvalue weighted by molar-refractivity contribution is 0.0398. The van der Waals surface area contributed by atoms with Gasteiger partial charge in [-0.15, -0.1) is 12.4 Å². The Bertz CT molecular complexity index is 683. The second kappa shape index (κ2) is 9.41. The van der Waals surface area contributed by atoms with Crippen LogP contribution in [0.15, 0.2) is 36.5 Å². The quantitative estimate of drug-likeness (QED) is 0.764. The molecule has 0 saturated carbocycles. The van der Waals surface area contributed by atoms with Crippen LogP contribution in [0.2, 0.25) is 0 Å². The third-order valence-electron chi connectivity index (χ3n) is 3.75. The molecule has 2 aromatic rings. The zero-order valence-electron chi connectivity index (χ0n) is 13.8. The lowest BCUT2D eigenvalue weighted by Gasteiger charge is -2.26. The Morgan fingerprint density at radius 2 is 2.04 bits per heavy atom. The van der Waals surface area contributed by atoms with E-state index in [2.05, 4.69) is 15.2 Å². The van der Waals surface area contributed by atoms with Crippen LogP contribution in [0.3, 0.4) is 0 Å². The molecule has 0 aliphatic carbocycles. The smallest absolute Gasteiger partial charge is 0.167 e. The Morgan fingerprint density at radius 1 is 1.24 bits per heavy atom. The summed E-state index contributed by atoms with van der Waals surface area (Å²) in [6.07, 6.45) is 1.63. The van der Waals surface area contributed by atoms with Gasteiger partial charge in [0.15, 0.2) is 11.6 Å². The highest BCUT2D eigenvalue weighted by Crippen LogP contribution is 2.26. The second-order valence-corrected chi connectivity index (χ2v) is 5.55. The molecule has 1 saturated heterocycles. The van der Waals surface area contributed by atoms with E-state index in [0.29, 0.717) is 17.3 Å².